The molecule has 1 atom stereocenters. The summed E-state index contributed by atoms with van der Waals surface area (Å²) in [5.41, 5.74) is 9.87. The first-order valence-corrected chi connectivity index (χ1v) is 10.8. The van der Waals surface area contributed by atoms with Gasteiger partial charge in [0.2, 0.25) is 0 Å². The molecule has 3 aromatic heterocycles. The van der Waals surface area contributed by atoms with Crippen molar-refractivity contribution < 1.29 is 0 Å². The number of nitrogens with one attached hydrogen (secondary N) is 1. The third-order valence-corrected chi connectivity index (χ3v) is 5.86. The van der Waals surface area contributed by atoms with Crippen molar-refractivity contribution in [2.24, 2.45) is 5.73 Å². The second-order valence-electron chi connectivity index (χ2n) is 7.29. The summed E-state index contributed by atoms with van der Waals surface area (Å²) in [6.07, 6.45) is 3.46. The van der Waals surface area contributed by atoms with Crippen molar-refractivity contribution in [2.45, 2.75) is 19.5 Å². The van der Waals surface area contributed by atoms with Crippen molar-refractivity contribution in [3.63, 3.8) is 0 Å². The Morgan fingerprint density at radius 3 is 2.84 bits per heavy atom. The molecule has 0 saturated carbocycles. The highest BCUT2D eigenvalue weighted by atomic mass is 32.1. The van der Waals surface area contributed by atoms with Gasteiger partial charge in [0.05, 0.1) is 39.4 Å². The van der Waals surface area contributed by atoms with Crippen LogP contribution in [0.25, 0.3) is 21.1 Å². The molecule has 0 bridgehead atoms. The third-order valence-electron chi connectivity index (χ3n) is 4.81. The number of aromatic nitrogens is 4. The minimum atomic E-state index is -0.163. The van der Waals surface area contributed by atoms with E-state index >= 15 is 0 Å². The van der Waals surface area contributed by atoms with Crippen LogP contribution in [-0.4, -0.2) is 25.8 Å². The first kappa shape index (κ1) is 19.2. The van der Waals surface area contributed by atoms with E-state index in [-0.39, 0.29) is 6.04 Å². The van der Waals surface area contributed by atoms with E-state index in [1.165, 1.54) is 5.56 Å². The molecule has 5 aromatic rings. The van der Waals surface area contributed by atoms with Crippen LogP contribution in [0.2, 0.25) is 0 Å². The number of benzene rings is 2. The predicted octanol–water partition coefficient (Wildman–Crippen LogP) is 4.53. The average Bonchev–Trinajstić information content (AvgIpc) is 3.37. The van der Waals surface area contributed by atoms with Crippen molar-refractivity contribution in [1.82, 2.24) is 19.7 Å². The van der Waals surface area contributed by atoms with Gasteiger partial charge in [0.25, 0.3) is 0 Å². The molecule has 0 aliphatic rings. The molecule has 3 N–H and O–H groups in total. The van der Waals surface area contributed by atoms with Crippen LogP contribution < -0.4 is 11.1 Å². The van der Waals surface area contributed by atoms with Gasteiger partial charge >= 0.3 is 0 Å². The van der Waals surface area contributed by atoms with Crippen LogP contribution in [0.3, 0.4) is 0 Å². The number of hydrogen-bond donors (Lipinski definition) is 2. The maximum Gasteiger partial charge on any atom is 0.151 e. The summed E-state index contributed by atoms with van der Waals surface area (Å²) < 4.78 is 2.98. The summed E-state index contributed by atoms with van der Waals surface area (Å²) in [6.45, 7) is 2.61. The lowest BCUT2D eigenvalue weighted by atomic mass is 10.2. The Hall–Kier alpha value is -3.73. The van der Waals surface area contributed by atoms with E-state index in [4.69, 9.17) is 5.73 Å². The fourth-order valence-electron chi connectivity index (χ4n) is 3.37. The van der Waals surface area contributed by atoms with Crippen molar-refractivity contribution in [3.8, 4) is 11.8 Å². The highest BCUT2D eigenvalue weighted by Crippen LogP contribution is 2.31. The fraction of sp³-hybridized carbons (Fsp3) is 0.125. The molecule has 7 heteroatoms. The summed E-state index contributed by atoms with van der Waals surface area (Å²) in [5.74, 6) is 6.86. The second kappa shape index (κ2) is 8.19. The first-order chi connectivity index (χ1) is 15.2. The Morgan fingerprint density at radius 2 is 2.00 bits per heavy atom. The fourth-order valence-corrected chi connectivity index (χ4v) is 4.29. The molecule has 0 aliphatic heterocycles. The standard InChI is InChI=1S/C24H20N6S/c1-16(25)7-9-20-12-21-23(31-20)24(27-15-26-21)29-19-8-10-22-18(11-19)13-28-30(22)14-17-5-3-2-4-6-17/h2-6,8,10-13,15-16H,14,25H2,1H3,(H,26,27,29)/t16-/m1/s1. The van der Waals surface area contributed by atoms with E-state index < -0.39 is 0 Å². The SMILES string of the molecule is C[C@@H](N)C#Cc1cc2ncnc(Nc3ccc4c(cnn4Cc4ccccc4)c3)c2s1. The Morgan fingerprint density at radius 1 is 1.13 bits per heavy atom. The Balaban J connectivity index is 1.43. The van der Waals surface area contributed by atoms with Gasteiger partial charge in [-0.05, 0) is 36.8 Å². The zero-order valence-corrected chi connectivity index (χ0v) is 17.7. The Bertz CT molecular complexity index is 1420. The van der Waals surface area contributed by atoms with Crippen molar-refractivity contribution >= 4 is 44.0 Å². The number of anilines is 2. The van der Waals surface area contributed by atoms with Crippen LogP contribution in [-0.2, 0) is 6.54 Å². The summed E-state index contributed by atoms with van der Waals surface area (Å²) in [6, 6.07) is 18.4. The molecule has 0 spiro atoms. The zero-order valence-electron chi connectivity index (χ0n) is 16.9. The maximum absolute atomic E-state index is 5.74. The lowest BCUT2D eigenvalue weighted by Gasteiger charge is -2.07. The van der Waals surface area contributed by atoms with Crippen LogP contribution >= 0.6 is 11.3 Å². The molecule has 31 heavy (non-hydrogen) atoms. The van der Waals surface area contributed by atoms with Gasteiger partial charge in [-0.2, -0.15) is 5.10 Å². The molecule has 0 radical (unpaired) electrons. The van der Waals surface area contributed by atoms with Crippen molar-refractivity contribution in [1.29, 1.82) is 0 Å². The van der Waals surface area contributed by atoms with Gasteiger partial charge in [0.1, 0.15) is 6.33 Å². The number of hydrogen-bond acceptors (Lipinski definition) is 6. The molecule has 5 rings (SSSR count). The van der Waals surface area contributed by atoms with Gasteiger partial charge in [-0.1, -0.05) is 42.2 Å². The largest absolute Gasteiger partial charge is 0.339 e. The number of nitrogens with two attached hydrogens (primary N) is 1. The van der Waals surface area contributed by atoms with Gasteiger partial charge in [0, 0.05) is 11.1 Å². The minimum absolute atomic E-state index is 0.163. The van der Waals surface area contributed by atoms with E-state index in [1.54, 1.807) is 17.7 Å². The molecular weight excluding hydrogens is 404 g/mol. The highest BCUT2D eigenvalue weighted by Gasteiger charge is 2.10. The third kappa shape index (κ3) is 4.12. The van der Waals surface area contributed by atoms with Gasteiger partial charge < -0.3 is 11.1 Å². The highest BCUT2D eigenvalue weighted by molar-refractivity contribution is 7.20. The summed E-state index contributed by atoms with van der Waals surface area (Å²) in [4.78, 5) is 9.74. The number of fused-ring (bicyclic) bond motifs is 2. The molecule has 0 amide bonds. The molecule has 0 saturated heterocycles. The summed E-state index contributed by atoms with van der Waals surface area (Å²) in [7, 11) is 0. The van der Waals surface area contributed by atoms with Crippen LogP contribution in [0.4, 0.5) is 11.5 Å². The average molecular weight is 425 g/mol. The smallest absolute Gasteiger partial charge is 0.151 e. The molecule has 0 unspecified atom stereocenters. The van der Waals surface area contributed by atoms with Crippen molar-refractivity contribution in [2.75, 3.05) is 5.32 Å². The van der Waals surface area contributed by atoms with Crippen LogP contribution in [0, 0.1) is 11.8 Å². The van der Waals surface area contributed by atoms with Gasteiger partial charge in [0.15, 0.2) is 5.82 Å². The van der Waals surface area contributed by atoms with E-state index in [9.17, 15) is 0 Å². The number of nitrogens with zero attached hydrogens (tertiary/aromatic N) is 4. The quantitative estimate of drug-likeness (QED) is 0.414. The summed E-state index contributed by atoms with van der Waals surface area (Å²) >= 11 is 1.56. The predicted molar refractivity (Wildman–Crippen MR) is 127 cm³/mol. The minimum Gasteiger partial charge on any atom is -0.339 e. The van der Waals surface area contributed by atoms with E-state index in [0.29, 0.717) is 0 Å². The zero-order chi connectivity index (χ0) is 21.2. The molecule has 0 aliphatic carbocycles. The van der Waals surface area contributed by atoms with Gasteiger partial charge in [-0.15, -0.1) is 11.3 Å². The van der Waals surface area contributed by atoms with E-state index in [2.05, 4.69) is 56.5 Å². The normalized spacial score (nSPS) is 11.9. The molecular formula is C24H20N6S. The number of rotatable bonds is 4. The topological polar surface area (TPSA) is 81.7 Å². The van der Waals surface area contributed by atoms with Crippen molar-refractivity contribution in [3.05, 3.63) is 77.6 Å². The maximum atomic E-state index is 5.74. The molecule has 152 valence electrons. The molecule has 6 nitrogen and oxygen atoms in total. The van der Waals surface area contributed by atoms with Crippen LogP contribution in [0.1, 0.15) is 17.4 Å². The summed E-state index contributed by atoms with van der Waals surface area (Å²) in [5, 5.41) is 9.06. The number of thiophene rings is 1. The Kier molecular flexibility index (Phi) is 5.08. The molecule has 3 heterocycles. The van der Waals surface area contributed by atoms with Gasteiger partial charge in [-0.25, -0.2) is 9.97 Å². The Labute approximate surface area is 183 Å². The van der Waals surface area contributed by atoms with Crippen LogP contribution in [0.5, 0.6) is 0 Å². The lowest BCUT2D eigenvalue weighted by Crippen LogP contribution is -2.10. The lowest BCUT2D eigenvalue weighted by molar-refractivity contribution is 0.712. The molecule has 0 fully saturated rings. The monoisotopic (exact) mass is 424 g/mol. The molecule has 2 aromatic carbocycles. The second-order valence-corrected chi connectivity index (χ2v) is 8.34. The van der Waals surface area contributed by atoms with Gasteiger partial charge in [-0.3, -0.25) is 4.68 Å². The van der Waals surface area contributed by atoms with Crippen LogP contribution in [0.15, 0.2) is 67.1 Å². The first-order valence-electron chi connectivity index (χ1n) is 9.94. The van der Waals surface area contributed by atoms with E-state index in [1.807, 2.05) is 48.1 Å². The van der Waals surface area contributed by atoms with E-state index in [0.717, 1.165) is 44.0 Å².